The molecule has 1 saturated heterocycles. The lowest BCUT2D eigenvalue weighted by atomic mass is 9.44. The molecule has 4 aliphatic rings. The number of phenols is 2. The number of methoxy groups -OCH3 is 1. The lowest BCUT2D eigenvalue weighted by molar-refractivity contribution is -0.140. The molecule has 6 unspecified atom stereocenters. The van der Waals surface area contributed by atoms with Crippen molar-refractivity contribution in [3.05, 3.63) is 143 Å². The van der Waals surface area contributed by atoms with E-state index < -0.39 is 35.0 Å². The Morgan fingerprint density at radius 2 is 1.53 bits per heavy atom. The molecule has 2 N–H and O–H groups in total. The van der Waals surface area contributed by atoms with Gasteiger partial charge in [0.2, 0.25) is 11.8 Å². The number of ketones is 2. The molecule has 6 atom stereocenters. The van der Waals surface area contributed by atoms with E-state index in [4.69, 9.17) is 4.74 Å². The molecule has 0 radical (unpaired) electrons. The average Bonchev–Trinajstić information content (AvgIpc) is 3.40. The number of benzene rings is 4. The summed E-state index contributed by atoms with van der Waals surface area (Å²) >= 11 is 0. The number of amides is 2. The molecule has 256 valence electrons. The smallest absolute Gasteiger partial charge is 0.233 e. The highest BCUT2D eigenvalue weighted by Gasteiger charge is 2.65. The molecule has 0 bridgehead atoms. The van der Waals surface area contributed by atoms with E-state index in [9.17, 15) is 24.6 Å². The maximum absolute atomic E-state index is 15.1. The molecule has 3 aliphatic carbocycles. The Balaban J connectivity index is 1.29. The molecular weight excluding hydrogens is 642 g/mol. The minimum absolute atomic E-state index is 0.103. The molecule has 2 amide bonds. The second-order valence-corrected chi connectivity index (χ2v) is 14.0. The van der Waals surface area contributed by atoms with Crippen molar-refractivity contribution in [2.75, 3.05) is 13.7 Å². The third kappa shape index (κ3) is 5.03. The number of rotatable bonds is 7. The highest BCUT2D eigenvalue weighted by molar-refractivity contribution is 6.31. The summed E-state index contributed by atoms with van der Waals surface area (Å²) < 4.78 is 5.37. The Labute approximate surface area is 295 Å². The van der Waals surface area contributed by atoms with Crippen molar-refractivity contribution in [3.63, 3.8) is 0 Å². The highest BCUT2D eigenvalue weighted by Crippen LogP contribution is 2.64. The fraction of sp³-hybridized carbons (Fsp3) is 0.256. The van der Waals surface area contributed by atoms with Gasteiger partial charge in [0.1, 0.15) is 5.75 Å². The zero-order valence-corrected chi connectivity index (χ0v) is 28.1. The van der Waals surface area contributed by atoms with Crippen LogP contribution in [0.3, 0.4) is 0 Å². The first kappa shape index (κ1) is 32.4. The lowest BCUT2D eigenvalue weighted by Gasteiger charge is -2.55. The predicted octanol–water partition coefficient (Wildman–Crippen LogP) is 6.17. The van der Waals surface area contributed by atoms with Crippen molar-refractivity contribution in [1.29, 1.82) is 0 Å². The molecule has 4 aromatic carbocycles. The summed E-state index contributed by atoms with van der Waals surface area (Å²) in [4.78, 5) is 59.8. The third-order valence-electron chi connectivity index (χ3n) is 11.6. The van der Waals surface area contributed by atoms with Crippen LogP contribution in [0.4, 0.5) is 0 Å². The third-order valence-corrected chi connectivity index (χ3v) is 11.6. The van der Waals surface area contributed by atoms with Crippen LogP contribution in [-0.2, 0) is 31.0 Å². The summed E-state index contributed by atoms with van der Waals surface area (Å²) in [5.41, 5.74) is 2.62. The first-order chi connectivity index (χ1) is 24.7. The second kappa shape index (κ2) is 12.5. The molecule has 0 spiro atoms. The normalized spacial score (nSPS) is 26.9. The number of nitrogens with zero attached hydrogens (tertiary/aromatic N) is 1. The van der Waals surface area contributed by atoms with Gasteiger partial charge in [-0.15, -0.1) is 0 Å². The van der Waals surface area contributed by atoms with E-state index >= 15 is 4.79 Å². The minimum Gasteiger partial charge on any atom is -0.508 e. The van der Waals surface area contributed by atoms with Gasteiger partial charge in [-0.1, -0.05) is 90.5 Å². The maximum atomic E-state index is 15.1. The molecule has 0 aromatic heterocycles. The first-order valence-electron chi connectivity index (χ1n) is 17.3. The molecule has 8 rings (SSSR count). The summed E-state index contributed by atoms with van der Waals surface area (Å²) in [7, 11) is 1.46. The molecule has 1 heterocycles. The zero-order chi connectivity index (χ0) is 35.4. The molecule has 51 heavy (non-hydrogen) atoms. The quantitative estimate of drug-likeness (QED) is 0.177. The number of phenolic OH excluding ortho intramolecular Hbond substituents is 2. The summed E-state index contributed by atoms with van der Waals surface area (Å²) in [5.74, 6) is -3.96. The van der Waals surface area contributed by atoms with E-state index in [2.05, 4.69) is 0 Å². The van der Waals surface area contributed by atoms with Crippen LogP contribution < -0.4 is 4.74 Å². The Kier molecular flexibility index (Phi) is 7.97. The number of aromatic hydroxyl groups is 2. The van der Waals surface area contributed by atoms with Crippen LogP contribution in [-0.4, -0.2) is 52.1 Å². The van der Waals surface area contributed by atoms with Gasteiger partial charge in [0.15, 0.2) is 23.1 Å². The lowest BCUT2D eigenvalue weighted by Crippen LogP contribution is -2.58. The number of imide groups is 1. The van der Waals surface area contributed by atoms with Crippen LogP contribution in [0.15, 0.2) is 121 Å². The SMILES string of the molecule is COc1ccc(C2C3=CCC4C(=O)N(CCc5ccc(O)cc5)C(=O)C4C3CC3C(=O)C(c4ccccc4)=CC(=O)C32c2ccccc2)cc1O. The Morgan fingerprint density at radius 1 is 0.824 bits per heavy atom. The number of carbonyl (C=O) groups is 4. The van der Waals surface area contributed by atoms with Gasteiger partial charge >= 0.3 is 0 Å². The zero-order valence-electron chi connectivity index (χ0n) is 28.1. The first-order valence-corrected chi connectivity index (χ1v) is 17.3. The maximum Gasteiger partial charge on any atom is 0.233 e. The van der Waals surface area contributed by atoms with Crippen molar-refractivity contribution in [2.45, 2.75) is 30.6 Å². The van der Waals surface area contributed by atoms with E-state index in [0.717, 1.165) is 11.1 Å². The number of fused-ring (bicyclic) bond motifs is 4. The molecule has 8 nitrogen and oxygen atoms in total. The molecule has 4 aromatic rings. The van der Waals surface area contributed by atoms with Crippen molar-refractivity contribution in [3.8, 4) is 17.2 Å². The minimum atomic E-state index is -1.38. The van der Waals surface area contributed by atoms with E-state index in [1.165, 1.54) is 18.1 Å². The van der Waals surface area contributed by atoms with E-state index in [1.807, 2.05) is 72.8 Å². The van der Waals surface area contributed by atoms with Crippen molar-refractivity contribution >= 4 is 29.0 Å². The molecule has 1 aliphatic heterocycles. The van der Waals surface area contributed by atoms with Gasteiger partial charge in [0.05, 0.1) is 24.4 Å². The number of carbonyl (C=O) groups excluding carboxylic acids is 4. The molecule has 8 heteroatoms. The summed E-state index contributed by atoms with van der Waals surface area (Å²) in [6.07, 6.45) is 4.47. The summed E-state index contributed by atoms with van der Waals surface area (Å²) in [6.45, 7) is 0.197. The van der Waals surface area contributed by atoms with Crippen LogP contribution in [0.1, 0.15) is 41.0 Å². The van der Waals surface area contributed by atoms with Gasteiger partial charge in [0, 0.05) is 24.0 Å². The fourth-order valence-electron chi connectivity index (χ4n) is 9.32. The van der Waals surface area contributed by atoms with Crippen LogP contribution >= 0.6 is 0 Å². The predicted molar refractivity (Wildman–Crippen MR) is 190 cm³/mol. The van der Waals surface area contributed by atoms with Gasteiger partial charge in [-0.2, -0.15) is 0 Å². The van der Waals surface area contributed by atoms with Gasteiger partial charge in [-0.05, 0) is 77.8 Å². The van der Waals surface area contributed by atoms with Crippen LogP contribution in [0.25, 0.3) is 5.57 Å². The van der Waals surface area contributed by atoms with E-state index in [-0.39, 0.29) is 53.6 Å². The number of allylic oxidation sites excluding steroid dienone is 4. The largest absolute Gasteiger partial charge is 0.508 e. The number of hydrogen-bond acceptors (Lipinski definition) is 7. The second-order valence-electron chi connectivity index (χ2n) is 14.0. The number of Topliss-reactive ketones (excluding diaryl/α,β-unsaturated/α-hetero) is 1. The van der Waals surface area contributed by atoms with E-state index in [1.54, 1.807) is 36.4 Å². The molecule has 2 fully saturated rings. The Bertz CT molecular complexity index is 2120. The Morgan fingerprint density at radius 3 is 2.22 bits per heavy atom. The van der Waals surface area contributed by atoms with Gasteiger partial charge < -0.3 is 14.9 Å². The summed E-state index contributed by atoms with van der Waals surface area (Å²) in [5, 5.41) is 20.8. The van der Waals surface area contributed by atoms with Gasteiger partial charge in [-0.3, -0.25) is 24.1 Å². The molecular formula is C43H37NO7. The number of hydrogen-bond donors (Lipinski definition) is 2. The highest BCUT2D eigenvalue weighted by atomic mass is 16.5. The monoisotopic (exact) mass is 679 g/mol. The van der Waals surface area contributed by atoms with Crippen molar-refractivity contribution in [1.82, 2.24) is 4.90 Å². The van der Waals surface area contributed by atoms with Crippen LogP contribution in [0.5, 0.6) is 17.2 Å². The Hall–Kier alpha value is -5.76. The number of ether oxygens (including phenoxy) is 1. The van der Waals surface area contributed by atoms with Crippen molar-refractivity contribution < 1.29 is 34.1 Å². The topological polar surface area (TPSA) is 121 Å². The summed E-state index contributed by atoms with van der Waals surface area (Å²) in [6, 6.07) is 30.3. The standard InChI is InChI=1S/C43H37NO7/c1-51-36-19-14-27(22-35(36)46)39-30-17-18-31-38(42(50)44(41(31)49)21-20-25-12-15-29(45)16-13-25)33(30)23-34-40(48)32(26-8-4-2-5-9-26)24-37(47)43(34,39)28-10-6-3-7-11-28/h2-17,19,22,24,31,33-34,38-39,45-46H,18,20-21,23H2,1H3. The van der Waals surface area contributed by atoms with Gasteiger partial charge in [-0.25, -0.2) is 0 Å². The van der Waals surface area contributed by atoms with Crippen LogP contribution in [0.2, 0.25) is 0 Å². The average molecular weight is 680 g/mol. The van der Waals surface area contributed by atoms with E-state index in [0.29, 0.717) is 35.1 Å². The van der Waals surface area contributed by atoms with Gasteiger partial charge in [0.25, 0.3) is 0 Å². The van der Waals surface area contributed by atoms with Crippen molar-refractivity contribution in [2.24, 2.45) is 23.7 Å². The number of likely N-dealkylation sites (tertiary alicyclic amines) is 1. The fourth-order valence-corrected chi connectivity index (χ4v) is 9.32. The molecule has 1 saturated carbocycles. The van der Waals surface area contributed by atoms with Crippen LogP contribution in [0, 0.1) is 23.7 Å².